The number of carbonyl (C=O) groups excluding carboxylic acids is 2. The van der Waals surface area contributed by atoms with Gasteiger partial charge in [-0.05, 0) is 19.8 Å². The van der Waals surface area contributed by atoms with Gasteiger partial charge in [-0.1, -0.05) is 13.8 Å². The summed E-state index contributed by atoms with van der Waals surface area (Å²) in [4.78, 5) is 22.7. The summed E-state index contributed by atoms with van der Waals surface area (Å²) >= 11 is 0. The van der Waals surface area contributed by atoms with Crippen LogP contribution in [0.4, 0.5) is 0 Å². The van der Waals surface area contributed by atoms with Gasteiger partial charge in [0.2, 0.25) is 0 Å². The van der Waals surface area contributed by atoms with E-state index in [1.54, 1.807) is 20.8 Å². The van der Waals surface area contributed by atoms with E-state index < -0.39 is 28.4 Å². The highest BCUT2D eigenvalue weighted by atomic mass is 16.6. The molecule has 78 valence electrons. The van der Waals surface area contributed by atoms with Crippen molar-refractivity contribution in [2.75, 3.05) is 0 Å². The van der Waals surface area contributed by atoms with E-state index in [0.29, 0.717) is 12.8 Å². The summed E-state index contributed by atoms with van der Waals surface area (Å²) < 4.78 is 5.03. The molecule has 1 aliphatic heterocycles. The maximum atomic E-state index is 11.6. The first kappa shape index (κ1) is 9.49. The standard InChI is InChI=1S/C10H14O4/c1-8(2)9(3)4-5-10(8,6(11)12)14-7(9)13/h4-5H2,1-3H3,(H,11,12)/p-1. The zero-order valence-corrected chi connectivity index (χ0v) is 8.55. The zero-order chi connectivity index (χ0) is 10.8. The van der Waals surface area contributed by atoms with E-state index >= 15 is 0 Å². The normalized spacial score (nSPS) is 43.8. The van der Waals surface area contributed by atoms with Crippen LogP contribution in [-0.4, -0.2) is 17.5 Å². The number of carbonyl (C=O) groups is 2. The molecule has 0 spiro atoms. The number of esters is 1. The summed E-state index contributed by atoms with van der Waals surface area (Å²) in [5.41, 5.74) is -2.76. The Morgan fingerprint density at radius 3 is 2.14 bits per heavy atom. The third-order valence-corrected chi connectivity index (χ3v) is 4.41. The molecule has 0 N–H and O–H groups in total. The molecule has 2 unspecified atom stereocenters. The average molecular weight is 197 g/mol. The molecule has 2 aliphatic rings. The molecule has 2 rings (SSSR count). The first-order chi connectivity index (χ1) is 6.28. The highest BCUT2D eigenvalue weighted by molar-refractivity contribution is 5.92. The van der Waals surface area contributed by atoms with Crippen molar-refractivity contribution in [3.05, 3.63) is 0 Å². The number of hydrogen-bond donors (Lipinski definition) is 0. The summed E-state index contributed by atoms with van der Waals surface area (Å²) in [7, 11) is 0. The van der Waals surface area contributed by atoms with E-state index in [4.69, 9.17) is 4.74 Å². The van der Waals surface area contributed by atoms with E-state index in [0.717, 1.165) is 0 Å². The molecule has 2 atom stereocenters. The monoisotopic (exact) mass is 197 g/mol. The number of carboxylic acids is 1. The SMILES string of the molecule is CC12CCC(C(=O)[O-])(OC1=O)C2(C)C. The minimum atomic E-state index is -1.40. The van der Waals surface area contributed by atoms with Gasteiger partial charge >= 0.3 is 5.97 Å². The van der Waals surface area contributed by atoms with Gasteiger partial charge in [-0.3, -0.25) is 4.79 Å². The maximum absolute atomic E-state index is 11.6. The van der Waals surface area contributed by atoms with Crippen molar-refractivity contribution in [3.8, 4) is 0 Å². The molecule has 4 nitrogen and oxygen atoms in total. The quantitative estimate of drug-likeness (QED) is 0.549. The molecule has 4 heteroatoms. The molecule has 2 bridgehead atoms. The van der Waals surface area contributed by atoms with E-state index in [2.05, 4.69) is 0 Å². The molecule has 0 radical (unpaired) electrons. The fourth-order valence-electron chi connectivity index (χ4n) is 2.70. The van der Waals surface area contributed by atoms with E-state index in [9.17, 15) is 14.7 Å². The van der Waals surface area contributed by atoms with Gasteiger partial charge in [-0.25, -0.2) is 0 Å². The smallest absolute Gasteiger partial charge is 0.313 e. The molecule has 1 heterocycles. The number of hydrogen-bond acceptors (Lipinski definition) is 4. The fourth-order valence-corrected chi connectivity index (χ4v) is 2.70. The maximum Gasteiger partial charge on any atom is 0.313 e. The van der Waals surface area contributed by atoms with Crippen molar-refractivity contribution in [2.45, 2.75) is 39.2 Å². The number of carboxylic acid groups (broad SMARTS) is 1. The molecule has 0 aromatic rings. The van der Waals surface area contributed by atoms with Gasteiger partial charge in [0.1, 0.15) is 0 Å². The third kappa shape index (κ3) is 0.645. The van der Waals surface area contributed by atoms with Gasteiger partial charge in [0.15, 0.2) is 5.60 Å². The van der Waals surface area contributed by atoms with Crippen molar-refractivity contribution in [1.82, 2.24) is 0 Å². The predicted molar refractivity (Wildman–Crippen MR) is 45.0 cm³/mol. The lowest BCUT2D eigenvalue weighted by Gasteiger charge is -2.37. The second-order valence-corrected chi connectivity index (χ2v) is 4.96. The minimum absolute atomic E-state index is 0.366. The number of aliphatic carboxylic acids is 1. The zero-order valence-electron chi connectivity index (χ0n) is 8.55. The molecule has 0 aromatic heterocycles. The highest BCUT2D eigenvalue weighted by Gasteiger charge is 2.73. The Bertz CT molecular complexity index is 333. The molecule has 1 aliphatic carbocycles. The van der Waals surface area contributed by atoms with Gasteiger partial charge in [-0.15, -0.1) is 0 Å². The lowest BCUT2D eigenvalue weighted by molar-refractivity contribution is -0.328. The van der Waals surface area contributed by atoms with Crippen LogP contribution in [0.1, 0.15) is 33.6 Å². The first-order valence-corrected chi connectivity index (χ1v) is 4.73. The minimum Gasteiger partial charge on any atom is -0.546 e. The van der Waals surface area contributed by atoms with Gasteiger partial charge in [0.25, 0.3) is 0 Å². The summed E-state index contributed by atoms with van der Waals surface area (Å²) in [6, 6.07) is 0. The van der Waals surface area contributed by atoms with Crippen LogP contribution in [0.5, 0.6) is 0 Å². The van der Waals surface area contributed by atoms with Crippen molar-refractivity contribution in [1.29, 1.82) is 0 Å². The largest absolute Gasteiger partial charge is 0.546 e. The highest BCUT2D eigenvalue weighted by Crippen LogP contribution is 2.65. The molecule has 2 fully saturated rings. The lowest BCUT2D eigenvalue weighted by atomic mass is 9.66. The van der Waals surface area contributed by atoms with Crippen LogP contribution in [0.3, 0.4) is 0 Å². The third-order valence-electron chi connectivity index (χ3n) is 4.41. The van der Waals surface area contributed by atoms with E-state index in [1.807, 2.05) is 0 Å². The Balaban J connectivity index is 2.60. The second-order valence-electron chi connectivity index (χ2n) is 4.96. The Labute approximate surface area is 82.2 Å². The number of fused-ring (bicyclic) bond motifs is 2. The van der Waals surface area contributed by atoms with Crippen LogP contribution in [0.15, 0.2) is 0 Å². The summed E-state index contributed by atoms with van der Waals surface area (Å²) in [6.07, 6.45) is 0.928. The molecule has 1 saturated carbocycles. The van der Waals surface area contributed by atoms with Gasteiger partial charge in [-0.2, -0.15) is 0 Å². The van der Waals surface area contributed by atoms with Gasteiger partial charge in [0.05, 0.1) is 11.4 Å². The fraction of sp³-hybridized carbons (Fsp3) is 0.800. The van der Waals surface area contributed by atoms with Crippen LogP contribution in [0, 0.1) is 10.8 Å². The Hall–Kier alpha value is -1.06. The molecular formula is C10H13O4-. The van der Waals surface area contributed by atoms with E-state index in [-0.39, 0.29) is 0 Å². The second kappa shape index (κ2) is 2.12. The summed E-state index contributed by atoms with van der Waals surface area (Å²) in [5.74, 6) is -1.67. The van der Waals surface area contributed by atoms with E-state index in [1.165, 1.54) is 0 Å². The molecule has 1 saturated heterocycles. The van der Waals surface area contributed by atoms with Crippen molar-refractivity contribution in [2.24, 2.45) is 10.8 Å². The predicted octanol–water partition coefficient (Wildman–Crippen LogP) is -0.142. The Kier molecular flexibility index (Phi) is 1.44. The van der Waals surface area contributed by atoms with Crippen LogP contribution < -0.4 is 5.11 Å². The molecule has 14 heavy (non-hydrogen) atoms. The summed E-state index contributed by atoms with van der Waals surface area (Å²) in [6.45, 7) is 5.30. The van der Waals surface area contributed by atoms with Crippen molar-refractivity contribution < 1.29 is 19.4 Å². The average Bonchev–Trinajstić information content (AvgIpc) is 2.34. The van der Waals surface area contributed by atoms with Crippen LogP contribution >= 0.6 is 0 Å². The van der Waals surface area contributed by atoms with Crippen LogP contribution in [0.2, 0.25) is 0 Å². The molecular weight excluding hydrogens is 184 g/mol. The van der Waals surface area contributed by atoms with Crippen LogP contribution in [-0.2, 0) is 14.3 Å². The summed E-state index contributed by atoms with van der Waals surface area (Å²) in [5, 5.41) is 11.1. The Morgan fingerprint density at radius 2 is 1.93 bits per heavy atom. The number of ether oxygens (including phenoxy) is 1. The first-order valence-electron chi connectivity index (χ1n) is 4.73. The van der Waals surface area contributed by atoms with Gasteiger partial charge < -0.3 is 14.6 Å². The van der Waals surface area contributed by atoms with Crippen molar-refractivity contribution >= 4 is 11.9 Å². The van der Waals surface area contributed by atoms with Crippen molar-refractivity contribution in [3.63, 3.8) is 0 Å². The van der Waals surface area contributed by atoms with Gasteiger partial charge in [0, 0.05) is 5.41 Å². The lowest BCUT2D eigenvalue weighted by Crippen LogP contribution is -2.54. The van der Waals surface area contributed by atoms with Crippen LogP contribution in [0.25, 0.3) is 0 Å². The molecule has 0 aromatic carbocycles. The number of rotatable bonds is 1. The Morgan fingerprint density at radius 1 is 1.36 bits per heavy atom. The topological polar surface area (TPSA) is 66.4 Å². The molecule has 0 amide bonds.